The van der Waals surface area contributed by atoms with Crippen molar-refractivity contribution in [3.63, 3.8) is 0 Å². The Bertz CT molecular complexity index is 203. The molecule has 1 aliphatic heterocycles. The highest BCUT2D eigenvalue weighted by molar-refractivity contribution is 8.08. The highest BCUT2D eigenvalue weighted by Crippen LogP contribution is 2.45. The standard InChI is InChI=1S/C8H13ClO2S/c9-12(10)6-7-2-5-8(11-7)3-1-4-8/h7H,1-6H2. The number of hydrogen-bond donors (Lipinski definition) is 0. The molecule has 1 spiro atoms. The molecular weight excluding hydrogens is 196 g/mol. The summed E-state index contributed by atoms with van der Waals surface area (Å²) in [5.74, 6) is 0.503. The van der Waals surface area contributed by atoms with Crippen LogP contribution in [0.1, 0.15) is 32.1 Å². The summed E-state index contributed by atoms with van der Waals surface area (Å²) in [6.45, 7) is 0. The van der Waals surface area contributed by atoms with Crippen LogP contribution in [0.4, 0.5) is 0 Å². The molecule has 0 radical (unpaired) electrons. The molecule has 0 aromatic heterocycles. The van der Waals surface area contributed by atoms with Crippen LogP contribution in [0.15, 0.2) is 0 Å². The van der Waals surface area contributed by atoms with Crippen LogP contribution in [0, 0.1) is 0 Å². The van der Waals surface area contributed by atoms with Gasteiger partial charge in [-0.25, -0.2) is 4.21 Å². The number of halogens is 1. The molecule has 12 heavy (non-hydrogen) atoms. The molecule has 2 unspecified atom stereocenters. The van der Waals surface area contributed by atoms with Crippen LogP contribution in [0.5, 0.6) is 0 Å². The van der Waals surface area contributed by atoms with Gasteiger partial charge in [0.2, 0.25) is 0 Å². The van der Waals surface area contributed by atoms with Crippen LogP contribution in [-0.2, 0) is 14.7 Å². The van der Waals surface area contributed by atoms with Crippen molar-refractivity contribution in [2.75, 3.05) is 5.75 Å². The van der Waals surface area contributed by atoms with E-state index in [1.807, 2.05) is 0 Å². The average molecular weight is 209 g/mol. The lowest BCUT2D eigenvalue weighted by atomic mass is 9.78. The second kappa shape index (κ2) is 3.28. The predicted molar refractivity (Wildman–Crippen MR) is 49.6 cm³/mol. The van der Waals surface area contributed by atoms with Crippen molar-refractivity contribution in [1.82, 2.24) is 0 Å². The Hall–Kier alpha value is 0.400. The second-order valence-electron chi connectivity index (χ2n) is 3.77. The highest BCUT2D eigenvalue weighted by atomic mass is 35.7. The van der Waals surface area contributed by atoms with Crippen molar-refractivity contribution < 1.29 is 8.95 Å². The zero-order chi connectivity index (χ0) is 8.60. The van der Waals surface area contributed by atoms with Gasteiger partial charge in [0.25, 0.3) is 0 Å². The van der Waals surface area contributed by atoms with Crippen LogP contribution in [0.2, 0.25) is 0 Å². The Morgan fingerprint density at radius 2 is 2.25 bits per heavy atom. The quantitative estimate of drug-likeness (QED) is 0.649. The number of rotatable bonds is 2. The van der Waals surface area contributed by atoms with Crippen LogP contribution >= 0.6 is 10.7 Å². The largest absolute Gasteiger partial charge is 0.371 e. The molecule has 2 fully saturated rings. The summed E-state index contributed by atoms with van der Waals surface area (Å²) in [7, 11) is 4.19. The van der Waals surface area contributed by atoms with Crippen LogP contribution in [-0.4, -0.2) is 21.7 Å². The van der Waals surface area contributed by atoms with Crippen molar-refractivity contribution in [3.05, 3.63) is 0 Å². The molecule has 0 aromatic carbocycles. The first-order valence-electron chi connectivity index (χ1n) is 4.43. The first-order chi connectivity index (χ1) is 5.70. The van der Waals surface area contributed by atoms with Gasteiger partial charge < -0.3 is 4.74 Å². The maximum Gasteiger partial charge on any atom is 0.117 e. The molecule has 2 aliphatic rings. The maximum atomic E-state index is 10.7. The van der Waals surface area contributed by atoms with E-state index >= 15 is 0 Å². The molecular formula is C8H13ClO2S. The van der Waals surface area contributed by atoms with Crippen molar-refractivity contribution in [3.8, 4) is 0 Å². The Kier molecular flexibility index (Phi) is 2.45. The monoisotopic (exact) mass is 208 g/mol. The molecule has 4 heteroatoms. The Labute approximate surface area is 79.6 Å². The van der Waals surface area contributed by atoms with Crippen molar-refractivity contribution in [2.24, 2.45) is 0 Å². The van der Waals surface area contributed by atoms with E-state index < -0.39 is 10.0 Å². The molecule has 1 aliphatic carbocycles. The van der Waals surface area contributed by atoms with E-state index in [4.69, 9.17) is 15.4 Å². The van der Waals surface area contributed by atoms with E-state index in [9.17, 15) is 4.21 Å². The molecule has 0 bridgehead atoms. The smallest absolute Gasteiger partial charge is 0.117 e. The third kappa shape index (κ3) is 1.68. The normalized spacial score (nSPS) is 34.9. The third-order valence-electron chi connectivity index (χ3n) is 2.92. The van der Waals surface area contributed by atoms with E-state index in [1.54, 1.807) is 0 Å². The van der Waals surface area contributed by atoms with Gasteiger partial charge in [0.05, 0.1) is 17.5 Å². The summed E-state index contributed by atoms with van der Waals surface area (Å²) in [5.41, 5.74) is 0.181. The van der Waals surface area contributed by atoms with Gasteiger partial charge in [-0.3, -0.25) is 0 Å². The lowest BCUT2D eigenvalue weighted by Crippen LogP contribution is -2.37. The lowest BCUT2D eigenvalue weighted by Gasteiger charge is -2.37. The van der Waals surface area contributed by atoms with Crippen molar-refractivity contribution in [2.45, 2.75) is 43.8 Å². The fraction of sp³-hybridized carbons (Fsp3) is 1.00. The van der Waals surface area contributed by atoms with E-state index in [1.165, 1.54) is 19.3 Å². The fourth-order valence-corrected chi connectivity index (χ4v) is 3.05. The molecule has 70 valence electrons. The van der Waals surface area contributed by atoms with Crippen molar-refractivity contribution in [1.29, 1.82) is 0 Å². The van der Waals surface area contributed by atoms with Crippen LogP contribution in [0.25, 0.3) is 0 Å². The fourth-order valence-electron chi connectivity index (χ4n) is 2.10. The summed E-state index contributed by atoms with van der Waals surface area (Å²) >= 11 is 0. The summed E-state index contributed by atoms with van der Waals surface area (Å²) in [6.07, 6.45) is 6.02. The second-order valence-corrected chi connectivity index (χ2v) is 5.72. The topological polar surface area (TPSA) is 26.3 Å². The predicted octanol–water partition coefficient (Wildman–Crippen LogP) is 1.99. The first kappa shape index (κ1) is 8.97. The molecule has 2 rings (SSSR count). The van der Waals surface area contributed by atoms with Crippen molar-refractivity contribution >= 4 is 20.7 Å². The SMILES string of the molecule is O=S(Cl)CC1CCC2(CCC2)O1. The third-order valence-corrected chi connectivity index (χ3v) is 3.93. The molecule has 0 aromatic rings. The van der Waals surface area contributed by atoms with Crippen LogP contribution < -0.4 is 0 Å². The minimum Gasteiger partial charge on any atom is -0.371 e. The molecule has 2 atom stereocenters. The molecule has 2 nitrogen and oxygen atoms in total. The van der Waals surface area contributed by atoms with Gasteiger partial charge in [-0.15, -0.1) is 0 Å². The van der Waals surface area contributed by atoms with Crippen LogP contribution in [0.3, 0.4) is 0 Å². The maximum absolute atomic E-state index is 10.7. The van der Waals surface area contributed by atoms with E-state index in [2.05, 4.69) is 0 Å². The molecule has 1 saturated carbocycles. The molecule has 1 saturated heterocycles. The zero-order valence-corrected chi connectivity index (χ0v) is 8.50. The molecule has 0 amide bonds. The summed E-state index contributed by atoms with van der Waals surface area (Å²) < 4.78 is 16.5. The van der Waals surface area contributed by atoms with Gasteiger partial charge in [-0.2, -0.15) is 0 Å². The lowest BCUT2D eigenvalue weighted by molar-refractivity contribution is -0.0839. The first-order valence-corrected chi connectivity index (χ1v) is 6.57. The Balaban J connectivity index is 1.85. The summed E-state index contributed by atoms with van der Waals surface area (Å²) in [4.78, 5) is 0. The zero-order valence-electron chi connectivity index (χ0n) is 6.92. The Morgan fingerprint density at radius 1 is 1.50 bits per heavy atom. The number of hydrogen-bond acceptors (Lipinski definition) is 2. The number of ether oxygens (including phenoxy) is 1. The van der Waals surface area contributed by atoms with E-state index in [0.717, 1.165) is 12.8 Å². The van der Waals surface area contributed by atoms with E-state index in [0.29, 0.717) is 5.75 Å². The average Bonchev–Trinajstić information content (AvgIpc) is 2.29. The Morgan fingerprint density at radius 3 is 2.67 bits per heavy atom. The van der Waals surface area contributed by atoms with Gasteiger partial charge in [-0.05, 0) is 42.8 Å². The van der Waals surface area contributed by atoms with Gasteiger partial charge in [-0.1, -0.05) is 0 Å². The minimum atomic E-state index is -1.22. The van der Waals surface area contributed by atoms with Gasteiger partial charge in [0.1, 0.15) is 10.0 Å². The van der Waals surface area contributed by atoms with Gasteiger partial charge in [0, 0.05) is 0 Å². The minimum absolute atomic E-state index is 0.156. The van der Waals surface area contributed by atoms with Gasteiger partial charge >= 0.3 is 0 Å². The van der Waals surface area contributed by atoms with Gasteiger partial charge in [0.15, 0.2) is 0 Å². The summed E-state index contributed by atoms with van der Waals surface area (Å²) in [5, 5.41) is 0. The molecule has 0 N–H and O–H groups in total. The highest BCUT2D eigenvalue weighted by Gasteiger charge is 2.44. The summed E-state index contributed by atoms with van der Waals surface area (Å²) in [6, 6.07) is 0. The molecule has 1 heterocycles. The van der Waals surface area contributed by atoms with E-state index in [-0.39, 0.29) is 11.7 Å².